The number of nitrogens with zero attached hydrogens (tertiary/aromatic N) is 2. The summed E-state index contributed by atoms with van der Waals surface area (Å²) in [5.41, 5.74) is 1.76. The molecular weight excluding hydrogens is 602 g/mol. The van der Waals surface area contributed by atoms with E-state index in [1.54, 1.807) is 55.5 Å². The topological polar surface area (TPSA) is 137 Å². The van der Waals surface area contributed by atoms with Crippen molar-refractivity contribution in [1.82, 2.24) is 5.32 Å². The fourth-order valence-electron chi connectivity index (χ4n) is 4.45. The van der Waals surface area contributed by atoms with E-state index in [-0.39, 0.29) is 30.2 Å². The van der Waals surface area contributed by atoms with Crippen molar-refractivity contribution in [3.8, 4) is 17.2 Å². The third-order valence-corrected chi connectivity index (χ3v) is 7.01. The molecule has 0 saturated carbocycles. The van der Waals surface area contributed by atoms with Gasteiger partial charge in [-0.3, -0.25) is 25.0 Å². The number of benzene rings is 4. The van der Waals surface area contributed by atoms with E-state index in [1.807, 2.05) is 18.2 Å². The number of imide groups is 2. The predicted molar refractivity (Wildman–Crippen MR) is 166 cm³/mol. The molecule has 228 valence electrons. The number of barbiturate groups is 1. The van der Waals surface area contributed by atoms with Crippen molar-refractivity contribution < 1.29 is 33.5 Å². The van der Waals surface area contributed by atoms with E-state index >= 15 is 0 Å². The Balaban J connectivity index is 1.32. The van der Waals surface area contributed by atoms with Crippen molar-refractivity contribution in [1.29, 1.82) is 0 Å². The molecule has 0 aliphatic carbocycles. The monoisotopic (exact) mass is 627 g/mol. The highest BCUT2D eigenvalue weighted by molar-refractivity contribution is 6.39. The molecule has 0 spiro atoms. The average Bonchev–Trinajstić information content (AvgIpc) is 3.03. The third kappa shape index (κ3) is 7.28. The van der Waals surface area contributed by atoms with Crippen molar-refractivity contribution in [3.63, 3.8) is 0 Å². The fraction of sp³-hybridized carbons (Fsp3) is 0.121. The number of non-ortho nitro benzene ring substituents is 1. The van der Waals surface area contributed by atoms with Gasteiger partial charge in [-0.15, -0.1) is 0 Å². The first-order valence-corrected chi connectivity index (χ1v) is 14.1. The molecule has 4 amide bonds. The maximum Gasteiger partial charge on any atom is 0.335 e. The van der Waals surface area contributed by atoms with E-state index in [9.17, 15) is 24.5 Å². The summed E-state index contributed by atoms with van der Waals surface area (Å²) >= 11 is 6.18. The van der Waals surface area contributed by atoms with Crippen LogP contribution in [0.4, 0.5) is 16.2 Å². The van der Waals surface area contributed by atoms with E-state index in [1.165, 1.54) is 30.3 Å². The van der Waals surface area contributed by atoms with Crippen molar-refractivity contribution in [2.45, 2.75) is 20.1 Å². The Morgan fingerprint density at radius 2 is 1.64 bits per heavy atom. The predicted octanol–water partition coefficient (Wildman–Crippen LogP) is 6.47. The Kier molecular flexibility index (Phi) is 9.40. The molecular formula is C33H26ClN3O8. The lowest BCUT2D eigenvalue weighted by Crippen LogP contribution is -2.54. The zero-order chi connectivity index (χ0) is 31.9. The molecule has 1 heterocycles. The number of carbonyl (C=O) groups excluding carboxylic acids is 3. The molecule has 1 saturated heterocycles. The molecule has 1 fully saturated rings. The molecule has 4 aromatic carbocycles. The Morgan fingerprint density at radius 3 is 2.38 bits per heavy atom. The lowest BCUT2D eigenvalue weighted by Gasteiger charge is -2.26. The Bertz CT molecular complexity index is 1810. The summed E-state index contributed by atoms with van der Waals surface area (Å²) in [6, 6.07) is 23.6. The maximum absolute atomic E-state index is 13.4. The lowest BCUT2D eigenvalue weighted by atomic mass is 10.1. The van der Waals surface area contributed by atoms with E-state index in [2.05, 4.69) is 5.32 Å². The first-order valence-electron chi connectivity index (χ1n) is 13.7. The van der Waals surface area contributed by atoms with Crippen molar-refractivity contribution in [3.05, 3.63) is 128 Å². The minimum Gasteiger partial charge on any atom is -0.490 e. The number of hydrogen-bond donors (Lipinski definition) is 1. The minimum absolute atomic E-state index is 0.0456. The van der Waals surface area contributed by atoms with Crippen LogP contribution in [-0.2, 0) is 22.8 Å². The second kappa shape index (κ2) is 13.7. The second-order valence-electron chi connectivity index (χ2n) is 9.69. The number of ether oxygens (including phenoxy) is 3. The van der Waals surface area contributed by atoms with Gasteiger partial charge in [0.2, 0.25) is 0 Å². The maximum atomic E-state index is 13.4. The number of hydrogen-bond acceptors (Lipinski definition) is 8. The van der Waals surface area contributed by atoms with Crippen LogP contribution in [0.5, 0.6) is 17.2 Å². The van der Waals surface area contributed by atoms with Crippen LogP contribution in [0, 0.1) is 10.1 Å². The molecule has 1 aliphatic rings. The molecule has 12 heteroatoms. The van der Waals surface area contributed by atoms with E-state index < -0.39 is 22.8 Å². The summed E-state index contributed by atoms with van der Waals surface area (Å²) in [5, 5.41) is 13.9. The normalized spacial score (nSPS) is 13.9. The van der Waals surface area contributed by atoms with Crippen molar-refractivity contribution in [2.24, 2.45) is 0 Å². The SMILES string of the molecule is CCOc1cc(/C=C2\C(=O)NC(=O)N(c3ccc(OCc4ccccc4Cl)cc3)C2=O)ccc1OCc1cccc([N+](=O)[O-])c1. The molecule has 4 aromatic rings. The number of amides is 4. The Morgan fingerprint density at radius 1 is 0.867 bits per heavy atom. The Hall–Kier alpha value is -5.68. The summed E-state index contributed by atoms with van der Waals surface area (Å²) in [6.45, 7) is 2.35. The molecule has 45 heavy (non-hydrogen) atoms. The summed E-state index contributed by atoms with van der Waals surface area (Å²) in [4.78, 5) is 50.3. The minimum atomic E-state index is -0.883. The first kappa shape index (κ1) is 30.8. The van der Waals surface area contributed by atoms with E-state index in [0.717, 1.165) is 10.5 Å². The summed E-state index contributed by atoms with van der Waals surface area (Å²) in [5.74, 6) is -0.464. The Labute approximate surface area is 262 Å². The molecule has 1 N–H and O–H groups in total. The van der Waals surface area contributed by atoms with Gasteiger partial charge in [-0.25, -0.2) is 9.69 Å². The van der Waals surface area contributed by atoms with Gasteiger partial charge in [0.25, 0.3) is 17.5 Å². The quantitative estimate of drug-likeness (QED) is 0.0864. The van der Waals surface area contributed by atoms with Gasteiger partial charge in [0.05, 0.1) is 17.2 Å². The van der Waals surface area contributed by atoms with Crippen LogP contribution in [-0.4, -0.2) is 29.4 Å². The number of nitrogens with one attached hydrogen (secondary N) is 1. The standard InChI is InChI=1S/C33H26ClN3O8/c1-2-43-30-18-21(10-15-29(30)45-19-22-6-5-8-25(16-22)37(41)42)17-27-31(38)35-33(40)36(32(27)39)24-11-13-26(14-12-24)44-20-23-7-3-4-9-28(23)34/h3-18H,2,19-20H2,1H3,(H,35,38,40)/b27-17+. The molecule has 0 bridgehead atoms. The fourth-order valence-corrected chi connectivity index (χ4v) is 4.64. The highest BCUT2D eigenvalue weighted by atomic mass is 35.5. The van der Waals surface area contributed by atoms with Crippen LogP contribution < -0.4 is 24.4 Å². The molecule has 0 aromatic heterocycles. The number of anilines is 1. The summed E-state index contributed by atoms with van der Waals surface area (Å²) < 4.78 is 17.4. The van der Waals surface area contributed by atoms with E-state index in [4.69, 9.17) is 25.8 Å². The highest BCUT2D eigenvalue weighted by Gasteiger charge is 2.36. The zero-order valence-electron chi connectivity index (χ0n) is 23.9. The van der Waals surface area contributed by atoms with Crippen LogP contribution in [0.1, 0.15) is 23.6 Å². The van der Waals surface area contributed by atoms with Gasteiger partial charge in [-0.1, -0.05) is 48.0 Å². The van der Waals surface area contributed by atoms with Gasteiger partial charge in [0, 0.05) is 22.7 Å². The van der Waals surface area contributed by atoms with Crippen LogP contribution in [0.2, 0.25) is 5.02 Å². The van der Waals surface area contributed by atoms with Crippen LogP contribution in [0.15, 0.2) is 96.6 Å². The number of urea groups is 1. The summed E-state index contributed by atoms with van der Waals surface area (Å²) in [7, 11) is 0. The molecule has 0 unspecified atom stereocenters. The zero-order valence-corrected chi connectivity index (χ0v) is 24.7. The average molecular weight is 628 g/mol. The number of halogens is 1. The van der Waals surface area contributed by atoms with E-state index in [0.29, 0.717) is 40.0 Å². The lowest BCUT2D eigenvalue weighted by molar-refractivity contribution is -0.384. The smallest absolute Gasteiger partial charge is 0.335 e. The number of carbonyl (C=O) groups is 3. The van der Waals surface area contributed by atoms with Gasteiger partial charge in [-0.05, 0) is 66.6 Å². The second-order valence-corrected chi connectivity index (χ2v) is 10.1. The van der Waals surface area contributed by atoms with Crippen LogP contribution in [0.3, 0.4) is 0 Å². The van der Waals surface area contributed by atoms with Crippen molar-refractivity contribution in [2.75, 3.05) is 11.5 Å². The van der Waals surface area contributed by atoms with Gasteiger partial charge >= 0.3 is 6.03 Å². The van der Waals surface area contributed by atoms with Gasteiger partial charge in [0.15, 0.2) is 11.5 Å². The van der Waals surface area contributed by atoms with Gasteiger partial charge in [-0.2, -0.15) is 0 Å². The molecule has 0 radical (unpaired) electrons. The number of rotatable bonds is 11. The van der Waals surface area contributed by atoms with Crippen LogP contribution in [0.25, 0.3) is 6.08 Å². The molecule has 5 rings (SSSR count). The highest BCUT2D eigenvalue weighted by Crippen LogP contribution is 2.31. The summed E-state index contributed by atoms with van der Waals surface area (Å²) in [6.07, 6.45) is 1.35. The molecule has 1 aliphatic heterocycles. The largest absolute Gasteiger partial charge is 0.490 e. The molecule has 0 atom stereocenters. The molecule has 11 nitrogen and oxygen atoms in total. The number of nitro benzene ring substituents is 1. The third-order valence-electron chi connectivity index (χ3n) is 6.64. The van der Waals surface area contributed by atoms with Gasteiger partial charge < -0.3 is 14.2 Å². The number of nitro groups is 1. The van der Waals surface area contributed by atoms with Crippen molar-refractivity contribution >= 4 is 46.9 Å². The van der Waals surface area contributed by atoms with Gasteiger partial charge in [0.1, 0.15) is 24.5 Å². The first-order chi connectivity index (χ1) is 21.7. The van der Waals surface area contributed by atoms with Crippen LogP contribution >= 0.6 is 11.6 Å².